The SMILES string of the molecule is CCCCc1ccc(CN(CCCCCCCl)C(=O)Nc2c(Cl)cc(Cl)cc2Cl)cc1. The van der Waals surface area contributed by atoms with Gasteiger partial charge in [0.25, 0.3) is 0 Å². The highest BCUT2D eigenvalue weighted by Crippen LogP contribution is 2.34. The Hall–Kier alpha value is -1.13. The maximum atomic E-state index is 13.1. The summed E-state index contributed by atoms with van der Waals surface area (Å²) in [6.07, 6.45) is 7.40. The number of unbranched alkanes of at least 4 members (excludes halogenated alkanes) is 4. The van der Waals surface area contributed by atoms with Crippen molar-refractivity contribution in [1.82, 2.24) is 4.90 Å². The number of hydrogen-bond acceptors (Lipinski definition) is 1. The molecule has 2 aromatic carbocycles. The predicted octanol–water partition coefficient (Wildman–Crippen LogP) is 8.82. The van der Waals surface area contributed by atoms with E-state index in [0.717, 1.165) is 37.7 Å². The quantitative estimate of drug-likeness (QED) is 0.227. The largest absolute Gasteiger partial charge is 0.322 e. The highest BCUT2D eigenvalue weighted by Gasteiger charge is 2.17. The van der Waals surface area contributed by atoms with Gasteiger partial charge in [0.05, 0.1) is 15.7 Å². The molecule has 7 heteroatoms. The average Bonchev–Trinajstić information content (AvgIpc) is 2.74. The van der Waals surface area contributed by atoms with Crippen LogP contribution in [0.25, 0.3) is 0 Å². The van der Waals surface area contributed by atoms with Crippen LogP contribution in [0.3, 0.4) is 0 Å². The van der Waals surface area contributed by atoms with Crippen molar-refractivity contribution in [3.8, 4) is 0 Å². The number of rotatable bonds is 12. The van der Waals surface area contributed by atoms with Crippen molar-refractivity contribution >= 4 is 58.1 Å². The van der Waals surface area contributed by atoms with Crippen molar-refractivity contribution in [3.05, 3.63) is 62.6 Å². The molecule has 0 fully saturated rings. The molecular weight excluding hydrogens is 474 g/mol. The molecule has 2 rings (SSSR count). The zero-order chi connectivity index (χ0) is 22.6. The van der Waals surface area contributed by atoms with Gasteiger partial charge in [0.2, 0.25) is 0 Å². The molecular formula is C24H30Cl4N2O. The fraction of sp³-hybridized carbons (Fsp3) is 0.458. The number of halogens is 4. The molecule has 0 aromatic heterocycles. The number of nitrogens with zero attached hydrogens (tertiary/aromatic N) is 1. The van der Waals surface area contributed by atoms with Gasteiger partial charge in [0.1, 0.15) is 0 Å². The zero-order valence-electron chi connectivity index (χ0n) is 17.9. The van der Waals surface area contributed by atoms with Crippen LogP contribution in [0.4, 0.5) is 10.5 Å². The summed E-state index contributed by atoms with van der Waals surface area (Å²) in [5, 5.41) is 3.91. The Labute approximate surface area is 206 Å². The number of amides is 2. The fourth-order valence-electron chi connectivity index (χ4n) is 3.26. The normalized spacial score (nSPS) is 10.9. The van der Waals surface area contributed by atoms with E-state index in [4.69, 9.17) is 46.4 Å². The maximum absolute atomic E-state index is 13.1. The van der Waals surface area contributed by atoms with E-state index in [1.807, 2.05) is 0 Å². The topological polar surface area (TPSA) is 32.3 Å². The Bertz CT molecular complexity index is 804. The van der Waals surface area contributed by atoms with Crippen LogP contribution in [-0.4, -0.2) is 23.4 Å². The number of urea groups is 1. The summed E-state index contributed by atoms with van der Waals surface area (Å²) in [7, 11) is 0. The van der Waals surface area contributed by atoms with Crippen LogP contribution >= 0.6 is 46.4 Å². The van der Waals surface area contributed by atoms with Gasteiger partial charge in [-0.15, -0.1) is 11.6 Å². The van der Waals surface area contributed by atoms with Gasteiger partial charge in [0, 0.05) is 24.0 Å². The van der Waals surface area contributed by atoms with Crippen molar-refractivity contribution in [2.45, 2.75) is 58.4 Å². The second kappa shape index (κ2) is 14.1. The highest BCUT2D eigenvalue weighted by atomic mass is 35.5. The summed E-state index contributed by atoms with van der Waals surface area (Å²) in [5.41, 5.74) is 2.78. The smallest absolute Gasteiger partial charge is 0.320 e. The van der Waals surface area contributed by atoms with Gasteiger partial charge < -0.3 is 10.2 Å². The summed E-state index contributed by atoms with van der Waals surface area (Å²) in [6.45, 7) is 3.34. The van der Waals surface area contributed by atoms with Crippen LogP contribution in [0.15, 0.2) is 36.4 Å². The Kier molecular flexibility index (Phi) is 11.9. The molecule has 3 nitrogen and oxygen atoms in total. The number of nitrogens with one attached hydrogen (secondary N) is 1. The van der Waals surface area contributed by atoms with Gasteiger partial charge in [-0.05, 0) is 48.9 Å². The number of carbonyl (C=O) groups is 1. The first kappa shape index (κ1) is 26.1. The molecule has 0 spiro atoms. The Morgan fingerprint density at radius 1 is 0.903 bits per heavy atom. The molecule has 0 atom stereocenters. The number of benzene rings is 2. The van der Waals surface area contributed by atoms with Gasteiger partial charge in [-0.2, -0.15) is 0 Å². The van der Waals surface area contributed by atoms with Gasteiger partial charge in [-0.3, -0.25) is 0 Å². The molecule has 0 radical (unpaired) electrons. The van der Waals surface area contributed by atoms with E-state index in [1.54, 1.807) is 17.0 Å². The second-order valence-electron chi connectivity index (χ2n) is 7.62. The average molecular weight is 504 g/mol. The molecule has 0 aliphatic heterocycles. The van der Waals surface area contributed by atoms with E-state index in [0.29, 0.717) is 39.7 Å². The van der Waals surface area contributed by atoms with Crippen LogP contribution in [0, 0.1) is 0 Å². The Morgan fingerprint density at radius 3 is 2.13 bits per heavy atom. The number of anilines is 1. The van der Waals surface area contributed by atoms with Crippen molar-refractivity contribution < 1.29 is 4.79 Å². The maximum Gasteiger partial charge on any atom is 0.322 e. The highest BCUT2D eigenvalue weighted by molar-refractivity contribution is 6.42. The number of carbonyl (C=O) groups excluding carboxylic acids is 1. The third-order valence-electron chi connectivity index (χ3n) is 5.05. The molecule has 2 aromatic rings. The molecule has 0 aliphatic rings. The Balaban J connectivity index is 2.09. The molecule has 0 bridgehead atoms. The molecule has 2 amide bonds. The van der Waals surface area contributed by atoms with E-state index in [1.165, 1.54) is 18.4 Å². The number of alkyl halides is 1. The molecule has 1 N–H and O–H groups in total. The summed E-state index contributed by atoms with van der Waals surface area (Å²) in [4.78, 5) is 14.9. The monoisotopic (exact) mass is 502 g/mol. The first-order valence-electron chi connectivity index (χ1n) is 10.8. The first-order valence-corrected chi connectivity index (χ1v) is 12.5. The van der Waals surface area contributed by atoms with Crippen molar-refractivity contribution in [3.63, 3.8) is 0 Å². The zero-order valence-corrected chi connectivity index (χ0v) is 20.9. The second-order valence-corrected chi connectivity index (χ2v) is 9.25. The summed E-state index contributed by atoms with van der Waals surface area (Å²) in [5.74, 6) is 0.669. The summed E-state index contributed by atoms with van der Waals surface area (Å²) >= 11 is 24.2. The van der Waals surface area contributed by atoms with Crippen LogP contribution in [0.5, 0.6) is 0 Å². The third kappa shape index (κ3) is 9.10. The van der Waals surface area contributed by atoms with E-state index in [-0.39, 0.29) is 6.03 Å². The summed E-state index contributed by atoms with van der Waals surface area (Å²) < 4.78 is 0. The van der Waals surface area contributed by atoms with E-state index >= 15 is 0 Å². The molecule has 0 unspecified atom stereocenters. The fourth-order valence-corrected chi connectivity index (χ4v) is 4.36. The van der Waals surface area contributed by atoms with Crippen LogP contribution in [-0.2, 0) is 13.0 Å². The lowest BCUT2D eigenvalue weighted by Gasteiger charge is -2.24. The number of hydrogen-bond donors (Lipinski definition) is 1. The molecule has 0 aliphatic carbocycles. The van der Waals surface area contributed by atoms with Crippen molar-refractivity contribution in [1.29, 1.82) is 0 Å². The molecule has 0 heterocycles. The van der Waals surface area contributed by atoms with Crippen LogP contribution < -0.4 is 5.32 Å². The molecule has 0 saturated heterocycles. The van der Waals surface area contributed by atoms with Crippen LogP contribution in [0.2, 0.25) is 15.1 Å². The van der Waals surface area contributed by atoms with Gasteiger partial charge >= 0.3 is 6.03 Å². The lowest BCUT2D eigenvalue weighted by atomic mass is 10.1. The minimum atomic E-state index is -0.237. The lowest BCUT2D eigenvalue weighted by molar-refractivity contribution is 0.207. The van der Waals surface area contributed by atoms with Crippen molar-refractivity contribution in [2.24, 2.45) is 0 Å². The predicted molar refractivity (Wildman–Crippen MR) is 135 cm³/mol. The van der Waals surface area contributed by atoms with Gasteiger partial charge in [-0.1, -0.05) is 85.3 Å². The third-order valence-corrected chi connectivity index (χ3v) is 6.13. The van der Waals surface area contributed by atoms with E-state index in [9.17, 15) is 4.79 Å². The van der Waals surface area contributed by atoms with Gasteiger partial charge in [-0.25, -0.2) is 4.79 Å². The van der Waals surface area contributed by atoms with Crippen molar-refractivity contribution in [2.75, 3.05) is 17.7 Å². The molecule has 31 heavy (non-hydrogen) atoms. The van der Waals surface area contributed by atoms with E-state index in [2.05, 4.69) is 36.5 Å². The van der Waals surface area contributed by atoms with Crippen LogP contribution in [0.1, 0.15) is 56.6 Å². The first-order chi connectivity index (χ1) is 14.9. The minimum absolute atomic E-state index is 0.237. The number of aryl methyl sites for hydroxylation is 1. The van der Waals surface area contributed by atoms with E-state index < -0.39 is 0 Å². The minimum Gasteiger partial charge on any atom is -0.320 e. The molecule has 170 valence electrons. The Morgan fingerprint density at radius 2 is 1.52 bits per heavy atom. The van der Waals surface area contributed by atoms with Gasteiger partial charge in [0.15, 0.2) is 0 Å². The molecule has 0 saturated carbocycles. The standard InChI is InChI=1S/C24H30Cl4N2O/c1-2-3-8-18-9-11-19(12-10-18)17-30(14-7-5-4-6-13-25)24(31)29-23-21(27)15-20(26)16-22(23)28/h9-12,15-16H,2-8,13-14,17H2,1H3,(H,29,31). The summed E-state index contributed by atoms with van der Waals surface area (Å²) in [6, 6.07) is 11.4. The lowest BCUT2D eigenvalue weighted by Crippen LogP contribution is -2.35.